The molecule has 0 unspecified atom stereocenters. The van der Waals surface area contributed by atoms with Crippen molar-refractivity contribution in [1.29, 1.82) is 0 Å². The number of amides is 1. The lowest BCUT2D eigenvalue weighted by molar-refractivity contribution is -0.118. The summed E-state index contributed by atoms with van der Waals surface area (Å²) < 4.78 is 5.72. The van der Waals surface area contributed by atoms with E-state index in [2.05, 4.69) is 54.4 Å². The second-order valence-electron chi connectivity index (χ2n) is 8.11. The van der Waals surface area contributed by atoms with Crippen LogP contribution >= 0.6 is 0 Å². The maximum atomic E-state index is 12.3. The molecular weight excluding hydrogens is 336 g/mol. The van der Waals surface area contributed by atoms with Gasteiger partial charge in [0.15, 0.2) is 0 Å². The molecule has 4 nitrogen and oxygen atoms in total. The summed E-state index contributed by atoms with van der Waals surface area (Å²) in [5.41, 5.74) is 2.67. The second kappa shape index (κ2) is 6.15. The molecule has 1 amide bonds. The first-order valence-electron chi connectivity index (χ1n) is 9.48. The number of hydrogen-bond acceptors (Lipinski definition) is 3. The van der Waals surface area contributed by atoms with Gasteiger partial charge in [-0.15, -0.1) is 0 Å². The quantitative estimate of drug-likeness (QED) is 0.890. The predicted molar refractivity (Wildman–Crippen MR) is 109 cm³/mol. The maximum absolute atomic E-state index is 12.3. The van der Waals surface area contributed by atoms with Crippen LogP contribution in [0.2, 0.25) is 0 Å². The molecule has 2 aliphatic heterocycles. The summed E-state index contributed by atoms with van der Waals surface area (Å²) in [6, 6.07) is 16.4. The highest BCUT2D eigenvalue weighted by atomic mass is 16.5. The lowest BCUT2D eigenvalue weighted by Gasteiger charge is -2.40. The summed E-state index contributed by atoms with van der Waals surface area (Å²) in [6.07, 6.45) is 4.38. The molecule has 2 aromatic rings. The van der Waals surface area contributed by atoms with Gasteiger partial charge in [-0.3, -0.25) is 4.79 Å². The minimum atomic E-state index is -0.555. The highest BCUT2D eigenvalue weighted by Gasteiger charge is 2.59. The molecular formula is C23H26N2O2. The average molecular weight is 362 g/mol. The molecule has 2 aliphatic rings. The lowest BCUT2D eigenvalue weighted by Crippen LogP contribution is -2.58. The highest BCUT2D eigenvalue weighted by Crippen LogP contribution is 2.52. The number of nitrogens with one attached hydrogen (secondary N) is 1. The van der Waals surface area contributed by atoms with Gasteiger partial charge in [-0.25, -0.2) is 0 Å². The zero-order valence-corrected chi connectivity index (χ0v) is 16.3. The number of para-hydroxylation sites is 1. The van der Waals surface area contributed by atoms with Gasteiger partial charge in [0.2, 0.25) is 5.91 Å². The topological polar surface area (TPSA) is 41.6 Å². The monoisotopic (exact) mass is 362 g/mol. The zero-order chi connectivity index (χ0) is 19.2. The van der Waals surface area contributed by atoms with Gasteiger partial charge < -0.3 is 15.0 Å². The van der Waals surface area contributed by atoms with E-state index in [1.807, 2.05) is 44.2 Å². The van der Waals surface area contributed by atoms with Crippen LogP contribution in [0.4, 0.5) is 5.69 Å². The Kier molecular flexibility index (Phi) is 4.02. The van der Waals surface area contributed by atoms with E-state index in [9.17, 15) is 4.79 Å². The number of carbonyl (C=O) groups is 1. The van der Waals surface area contributed by atoms with Crippen LogP contribution < -0.4 is 15.0 Å². The van der Waals surface area contributed by atoms with Crippen molar-refractivity contribution in [2.45, 2.75) is 44.9 Å². The summed E-state index contributed by atoms with van der Waals surface area (Å²) in [7, 11) is 0. The molecule has 27 heavy (non-hydrogen) atoms. The standard InChI is InChI=1S/C23H26N2O2/c1-16(2)27-18-11-9-17(10-12-18)13-14-23-22(3,4)19-7-5-6-8-20(19)25(23)15-21(26)24-23/h5-14,16H,15H2,1-4H3,(H,24,26)/t23-/m1/s1. The summed E-state index contributed by atoms with van der Waals surface area (Å²) in [6.45, 7) is 8.81. The third kappa shape index (κ3) is 2.71. The Balaban J connectivity index is 1.69. The van der Waals surface area contributed by atoms with Crippen LogP contribution in [0.15, 0.2) is 54.6 Å². The van der Waals surface area contributed by atoms with Gasteiger partial charge in [0.25, 0.3) is 0 Å². The first kappa shape index (κ1) is 17.7. The summed E-state index contributed by atoms with van der Waals surface area (Å²) >= 11 is 0. The van der Waals surface area contributed by atoms with Crippen LogP contribution in [-0.4, -0.2) is 24.2 Å². The summed E-state index contributed by atoms with van der Waals surface area (Å²) in [5, 5.41) is 3.25. The van der Waals surface area contributed by atoms with Crippen LogP contribution in [0, 0.1) is 0 Å². The van der Waals surface area contributed by atoms with Crippen molar-refractivity contribution < 1.29 is 9.53 Å². The molecule has 0 radical (unpaired) electrons. The number of carbonyl (C=O) groups excluding carboxylic acids is 1. The van der Waals surface area contributed by atoms with Crippen molar-refractivity contribution in [1.82, 2.24) is 5.32 Å². The van der Waals surface area contributed by atoms with Crippen LogP contribution in [0.25, 0.3) is 6.08 Å². The maximum Gasteiger partial charge on any atom is 0.241 e. The molecule has 1 atom stereocenters. The van der Waals surface area contributed by atoms with Gasteiger partial charge in [0.05, 0.1) is 12.6 Å². The fraction of sp³-hybridized carbons (Fsp3) is 0.348. The fourth-order valence-electron chi connectivity index (χ4n) is 4.29. The lowest BCUT2D eigenvalue weighted by atomic mass is 9.75. The Morgan fingerprint density at radius 3 is 2.52 bits per heavy atom. The van der Waals surface area contributed by atoms with Crippen molar-refractivity contribution in [3.05, 3.63) is 65.7 Å². The number of ether oxygens (including phenoxy) is 1. The molecule has 0 bridgehead atoms. The molecule has 0 aliphatic carbocycles. The first-order chi connectivity index (χ1) is 12.8. The molecule has 1 saturated heterocycles. The van der Waals surface area contributed by atoms with Crippen LogP contribution in [-0.2, 0) is 10.2 Å². The van der Waals surface area contributed by atoms with Crippen molar-refractivity contribution in [2.75, 3.05) is 11.4 Å². The van der Waals surface area contributed by atoms with E-state index in [-0.39, 0.29) is 17.4 Å². The second-order valence-corrected chi connectivity index (χ2v) is 8.11. The van der Waals surface area contributed by atoms with Gasteiger partial charge in [-0.2, -0.15) is 0 Å². The third-order valence-electron chi connectivity index (χ3n) is 5.65. The molecule has 1 fully saturated rings. The molecule has 4 rings (SSSR count). The Hall–Kier alpha value is -2.75. The number of benzene rings is 2. The Morgan fingerprint density at radius 2 is 1.81 bits per heavy atom. The highest BCUT2D eigenvalue weighted by molar-refractivity contribution is 5.91. The van der Waals surface area contributed by atoms with E-state index in [0.717, 1.165) is 17.0 Å². The molecule has 0 spiro atoms. The van der Waals surface area contributed by atoms with Crippen molar-refractivity contribution in [3.8, 4) is 5.75 Å². The Labute approximate surface area is 160 Å². The first-order valence-corrected chi connectivity index (χ1v) is 9.48. The smallest absolute Gasteiger partial charge is 0.241 e. The van der Waals surface area contributed by atoms with E-state index in [4.69, 9.17) is 4.74 Å². The normalized spacial score (nSPS) is 22.9. The Morgan fingerprint density at radius 1 is 1.11 bits per heavy atom. The summed E-state index contributed by atoms with van der Waals surface area (Å²) in [4.78, 5) is 14.5. The molecule has 0 aromatic heterocycles. The SMILES string of the molecule is CC(C)Oc1ccc(C=C[C@@]23NC(=O)CN2c2ccccc2C3(C)C)cc1. The molecule has 140 valence electrons. The average Bonchev–Trinajstić information content (AvgIpc) is 3.06. The number of anilines is 1. The van der Waals surface area contributed by atoms with E-state index in [1.165, 1.54) is 5.56 Å². The van der Waals surface area contributed by atoms with Gasteiger partial charge in [-0.1, -0.05) is 50.3 Å². The van der Waals surface area contributed by atoms with Gasteiger partial charge >= 0.3 is 0 Å². The number of nitrogens with zero attached hydrogens (tertiary/aromatic N) is 1. The Bertz CT molecular complexity index is 899. The fourth-order valence-corrected chi connectivity index (χ4v) is 4.29. The van der Waals surface area contributed by atoms with Crippen molar-refractivity contribution >= 4 is 17.7 Å². The van der Waals surface area contributed by atoms with Crippen LogP contribution in [0.5, 0.6) is 5.75 Å². The molecule has 0 saturated carbocycles. The van der Waals surface area contributed by atoms with Crippen LogP contribution in [0.1, 0.15) is 38.8 Å². The zero-order valence-electron chi connectivity index (χ0n) is 16.3. The van der Waals surface area contributed by atoms with Gasteiger partial charge in [0.1, 0.15) is 11.4 Å². The third-order valence-corrected chi connectivity index (χ3v) is 5.65. The van der Waals surface area contributed by atoms with E-state index >= 15 is 0 Å². The van der Waals surface area contributed by atoms with Crippen LogP contribution in [0.3, 0.4) is 0 Å². The van der Waals surface area contributed by atoms with E-state index in [1.54, 1.807) is 0 Å². The number of fused-ring (bicyclic) bond motifs is 3. The molecule has 2 heterocycles. The van der Waals surface area contributed by atoms with Crippen molar-refractivity contribution in [3.63, 3.8) is 0 Å². The van der Waals surface area contributed by atoms with Crippen molar-refractivity contribution in [2.24, 2.45) is 0 Å². The minimum Gasteiger partial charge on any atom is -0.491 e. The molecule has 2 aromatic carbocycles. The summed E-state index contributed by atoms with van der Waals surface area (Å²) in [5.74, 6) is 0.924. The minimum absolute atomic E-state index is 0.0582. The van der Waals surface area contributed by atoms with E-state index in [0.29, 0.717) is 6.54 Å². The van der Waals surface area contributed by atoms with Gasteiger partial charge in [-0.05, 0) is 49.2 Å². The largest absolute Gasteiger partial charge is 0.491 e. The number of hydrogen-bond donors (Lipinski definition) is 1. The number of rotatable bonds is 4. The molecule has 1 N–H and O–H groups in total. The van der Waals surface area contributed by atoms with Gasteiger partial charge in [0, 0.05) is 11.1 Å². The molecule has 4 heteroatoms. The van der Waals surface area contributed by atoms with E-state index < -0.39 is 5.66 Å². The predicted octanol–water partition coefficient (Wildman–Crippen LogP) is 4.11.